The van der Waals surface area contributed by atoms with E-state index in [4.69, 9.17) is 16.3 Å². The van der Waals surface area contributed by atoms with Gasteiger partial charge < -0.3 is 9.84 Å². The molecule has 0 aliphatic rings. The molecule has 0 aliphatic heterocycles. The Kier molecular flexibility index (Phi) is 4.16. The van der Waals surface area contributed by atoms with Crippen LogP contribution in [0.1, 0.15) is 12.5 Å². The lowest BCUT2D eigenvalue weighted by Crippen LogP contribution is -1.95. The molecule has 0 atom stereocenters. The number of hydrogen-bond donors (Lipinski definition) is 1. The Labute approximate surface area is 94.4 Å². The van der Waals surface area contributed by atoms with Crippen molar-refractivity contribution in [2.24, 2.45) is 0 Å². The molecule has 0 aliphatic carbocycles. The lowest BCUT2D eigenvalue weighted by atomic mass is 10.1. The molecule has 0 unspecified atom stereocenters. The highest BCUT2D eigenvalue weighted by Gasteiger charge is 1.99. The van der Waals surface area contributed by atoms with Crippen molar-refractivity contribution in [3.63, 3.8) is 0 Å². The predicted molar refractivity (Wildman–Crippen MR) is 62.1 cm³/mol. The molecule has 1 aromatic rings. The molecule has 1 aromatic carbocycles. The average Bonchev–Trinajstić information content (AvgIpc) is 2.28. The SMILES string of the molecule is C#CCOc1ccc(/C=C(\C)C(=O)O)cc1. The third-order valence-corrected chi connectivity index (χ3v) is 1.92. The van der Waals surface area contributed by atoms with Crippen LogP contribution in [0.2, 0.25) is 0 Å². The van der Waals surface area contributed by atoms with E-state index in [9.17, 15) is 4.79 Å². The molecule has 0 aromatic heterocycles. The second kappa shape index (κ2) is 5.62. The number of benzene rings is 1. The van der Waals surface area contributed by atoms with Crippen molar-refractivity contribution < 1.29 is 14.6 Å². The fraction of sp³-hybridized carbons (Fsp3) is 0.154. The van der Waals surface area contributed by atoms with E-state index in [0.717, 1.165) is 5.56 Å². The molecule has 1 N–H and O–H groups in total. The van der Waals surface area contributed by atoms with E-state index in [-0.39, 0.29) is 12.2 Å². The Morgan fingerprint density at radius 1 is 1.50 bits per heavy atom. The third kappa shape index (κ3) is 3.50. The van der Waals surface area contributed by atoms with Gasteiger partial charge in [-0.3, -0.25) is 0 Å². The molecule has 0 saturated heterocycles. The van der Waals surface area contributed by atoms with Crippen molar-refractivity contribution in [3.05, 3.63) is 35.4 Å². The van der Waals surface area contributed by atoms with E-state index < -0.39 is 5.97 Å². The summed E-state index contributed by atoms with van der Waals surface area (Å²) >= 11 is 0. The van der Waals surface area contributed by atoms with Crippen molar-refractivity contribution in [2.75, 3.05) is 6.61 Å². The zero-order valence-corrected chi connectivity index (χ0v) is 8.93. The van der Waals surface area contributed by atoms with Crippen LogP contribution in [-0.4, -0.2) is 17.7 Å². The molecule has 82 valence electrons. The lowest BCUT2D eigenvalue weighted by molar-refractivity contribution is -0.132. The molecule has 3 heteroatoms. The smallest absolute Gasteiger partial charge is 0.331 e. The summed E-state index contributed by atoms with van der Waals surface area (Å²) in [6.07, 6.45) is 6.65. The summed E-state index contributed by atoms with van der Waals surface area (Å²) in [7, 11) is 0. The van der Waals surface area contributed by atoms with Crippen molar-refractivity contribution in [1.29, 1.82) is 0 Å². The molecule has 0 saturated carbocycles. The van der Waals surface area contributed by atoms with Crippen molar-refractivity contribution in [2.45, 2.75) is 6.92 Å². The Hall–Kier alpha value is -2.21. The van der Waals surface area contributed by atoms with E-state index in [1.54, 1.807) is 37.3 Å². The van der Waals surface area contributed by atoms with Gasteiger partial charge in [0, 0.05) is 5.57 Å². The van der Waals surface area contributed by atoms with E-state index >= 15 is 0 Å². The zero-order chi connectivity index (χ0) is 12.0. The first-order valence-electron chi connectivity index (χ1n) is 4.71. The van der Waals surface area contributed by atoms with Crippen molar-refractivity contribution >= 4 is 12.0 Å². The first-order valence-corrected chi connectivity index (χ1v) is 4.71. The molecule has 0 radical (unpaired) electrons. The average molecular weight is 216 g/mol. The Balaban J connectivity index is 2.76. The van der Waals surface area contributed by atoms with Crippen LogP contribution in [-0.2, 0) is 4.79 Å². The molecule has 0 heterocycles. The first-order chi connectivity index (χ1) is 7.63. The number of carboxylic acids is 1. The zero-order valence-electron chi connectivity index (χ0n) is 8.93. The largest absolute Gasteiger partial charge is 0.481 e. The van der Waals surface area contributed by atoms with Gasteiger partial charge in [-0.2, -0.15) is 0 Å². The van der Waals surface area contributed by atoms with Gasteiger partial charge in [0.15, 0.2) is 0 Å². The number of carboxylic acid groups (broad SMARTS) is 1. The van der Waals surface area contributed by atoms with Gasteiger partial charge >= 0.3 is 5.97 Å². The minimum absolute atomic E-state index is 0.226. The van der Waals surface area contributed by atoms with E-state index in [1.165, 1.54) is 0 Å². The number of hydrogen-bond acceptors (Lipinski definition) is 2. The van der Waals surface area contributed by atoms with Crippen molar-refractivity contribution in [1.82, 2.24) is 0 Å². The van der Waals surface area contributed by atoms with Crippen LogP contribution in [0.4, 0.5) is 0 Å². The predicted octanol–water partition coefficient (Wildman–Crippen LogP) is 2.19. The van der Waals surface area contributed by atoms with Gasteiger partial charge in [0.1, 0.15) is 12.4 Å². The van der Waals surface area contributed by atoms with Gasteiger partial charge in [-0.05, 0) is 30.7 Å². The molecule has 0 amide bonds. The van der Waals surface area contributed by atoms with Gasteiger partial charge in [0.05, 0.1) is 0 Å². The number of ether oxygens (including phenoxy) is 1. The Bertz CT molecular complexity index is 435. The molecule has 0 spiro atoms. The van der Waals surface area contributed by atoms with Crippen LogP contribution in [0.5, 0.6) is 5.75 Å². The molecule has 1 rings (SSSR count). The maximum absolute atomic E-state index is 10.6. The quantitative estimate of drug-likeness (QED) is 0.620. The van der Waals surface area contributed by atoms with Crippen molar-refractivity contribution in [3.8, 4) is 18.1 Å². The monoisotopic (exact) mass is 216 g/mol. The summed E-state index contributed by atoms with van der Waals surface area (Å²) in [6, 6.07) is 7.05. The topological polar surface area (TPSA) is 46.5 Å². The summed E-state index contributed by atoms with van der Waals surface area (Å²) in [5.41, 5.74) is 1.10. The fourth-order valence-electron chi connectivity index (χ4n) is 1.10. The van der Waals surface area contributed by atoms with E-state index in [0.29, 0.717) is 5.75 Å². The van der Waals surface area contributed by atoms with Gasteiger partial charge in [-0.15, -0.1) is 6.42 Å². The highest BCUT2D eigenvalue weighted by molar-refractivity contribution is 5.91. The van der Waals surface area contributed by atoms with Crippen LogP contribution >= 0.6 is 0 Å². The highest BCUT2D eigenvalue weighted by Crippen LogP contribution is 2.14. The minimum Gasteiger partial charge on any atom is -0.481 e. The van der Waals surface area contributed by atoms with Gasteiger partial charge in [0.25, 0.3) is 0 Å². The molecule has 0 fully saturated rings. The third-order valence-electron chi connectivity index (χ3n) is 1.92. The molecule has 0 bridgehead atoms. The fourth-order valence-corrected chi connectivity index (χ4v) is 1.10. The lowest BCUT2D eigenvalue weighted by Gasteiger charge is -2.02. The molecular weight excluding hydrogens is 204 g/mol. The second-order valence-electron chi connectivity index (χ2n) is 3.19. The summed E-state index contributed by atoms with van der Waals surface area (Å²) in [4.78, 5) is 10.6. The normalized spacial score (nSPS) is 10.6. The minimum atomic E-state index is -0.923. The first kappa shape index (κ1) is 11.9. The molecular formula is C13H12O3. The summed E-state index contributed by atoms with van der Waals surface area (Å²) in [5.74, 6) is 2.11. The summed E-state index contributed by atoms with van der Waals surface area (Å²) in [6.45, 7) is 1.77. The summed E-state index contributed by atoms with van der Waals surface area (Å²) in [5, 5.41) is 8.70. The molecule has 3 nitrogen and oxygen atoms in total. The van der Waals surface area contributed by atoms with E-state index in [2.05, 4.69) is 5.92 Å². The number of terminal acetylenes is 1. The van der Waals surface area contributed by atoms with Gasteiger partial charge in [-0.25, -0.2) is 4.79 Å². The van der Waals surface area contributed by atoms with Crippen LogP contribution in [0.15, 0.2) is 29.8 Å². The highest BCUT2D eigenvalue weighted by atomic mass is 16.5. The van der Waals surface area contributed by atoms with Crippen LogP contribution in [0, 0.1) is 12.3 Å². The van der Waals surface area contributed by atoms with Crippen LogP contribution < -0.4 is 4.74 Å². The van der Waals surface area contributed by atoms with Crippen LogP contribution in [0.25, 0.3) is 6.08 Å². The second-order valence-corrected chi connectivity index (χ2v) is 3.19. The number of aliphatic carboxylic acids is 1. The molecule has 16 heavy (non-hydrogen) atoms. The van der Waals surface area contributed by atoms with Crippen LogP contribution in [0.3, 0.4) is 0 Å². The summed E-state index contributed by atoms with van der Waals surface area (Å²) < 4.78 is 5.19. The number of rotatable bonds is 4. The maximum Gasteiger partial charge on any atom is 0.331 e. The van der Waals surface area contributed by atoms with Gasteiger partial charge in [-0.1, -0.05) is 18.1 Å². The standard InChI is InChI=1S/C13H12O3/c1-3-8-16-12-6-4-11(5-7-12)9-10(2)13(14)15/h1,4-7,9H,8H2,2H3,(H,14,15)/b10-9+. The Morgan fingerprint density at radius 3 is 2.62 bits per heavy atom. The number of carbonyl (C=O) groups is 1. The van der Waals surface area contributed by atoms with E-state index in [1.807, 2.05) is 0 Å². The van der Waals surface area contributed by atoms with Gasteiger partial charge in [0.2, 0.25) is 0 Å². The Morgan fingerprint density at radius 2 is 2.12 bits per heavy atom. The maximum atomic E-state index is 10.6.